The van der Waals surface area contributed by atoms with E-state index in [1.165, 1.54) is 0 Å². The Labute approximate surface area is 193 Å². The molecule has 1 aliphatic heterocycles. The first-order valence-electron chi connectivity index (χ1n) is 10.9. The predicted octanol–water partition coefficient (Wildman–Crippen LogP) is 3.15. The molecule has 0 aliphatic carbocycles. The minimum absolute atomic E-state index is 0.139. The first-order chi connectivity index (χ1) is 16.1. The summed E-state index contributed by atoms with van der Waals surface area (Å²) in [6, 6.07) is 16.4. The maximum absolute atomic E-state index is 13.6. The fraction of sp³-hybridized carbons (Fsp3) is 0.280. The van der Waals surface area contributed by atoms with Crippen molar-refractivity contribution < 1.29 is 14.3 Å². The third-order valence-corrected chi connectivity index (χ3v) is 5.97. The Hall–Kier alpha value is -3.94. The van der Waals surface area contributed by atoms with Crippen molar-refractivity contribution in [2.75, 3.05) is 32.6 Å². The Morgan fingerprint density at radius 1 is 1.06 bits per heavy atom. The monoisotopic (exact) mass is 445 g/mol. The smallest absolute Gasteiger partial charge is 0.257 e. The van der Waals surface area contributed by atoms with E-state index in [2.05, 4.69) is 20.6 Å². The lowest BCUT2D eigenvalue weighted by Crippen LogP contribution is -2.56. The van der Waals surface area contributed by atoms with Crippen molar-refractivity contribution in [1.29, 1.82) is 0 Å². The van der Waals surface area contributed by atoms with Gasteiger partial charge < -0.3 is 20.3 Å². The third kappa shape index (κ3) is 4.50. The van der Waals surface area contributed by atoms with E-state index in [0.29, 0.717) is 42.2 Å². The van der Waals surface area contributed by atoms with Crippen molar-refractivity contribution in [3.63, 3.8) is 0 Å². The molecule has 33 heavy (non-hydrogen) atoms. The lowest BCUT2D eigenvalue weighted by Gasteiger charge is -2.41. The molecule has 2 N–H and O–H groups in total. The van der Waals surface area contributed by atoms with Gasteiger partial charge in [-0.1, -0.05) is 12.1 Å². The molecular weight excluding hydrogens is 418 g/mol. The number of likely N-dealkylation sites (tertiary alicyclic amines) is 1. The normalized spacial score (nSPS) is 17.8. The Kier molecular flexibility index (Phi) is 6.53. The highest BCUT2D eigenvalue weighted by atomic mass is 16.5. The summed E-state index contributed by atoms with van der Waals surface area (Å²) in [5.41, 5.74) is 0.970. The minimum atomic E-state index is -0.896. The molecule has 1 atom stereocenters. The summed E-state index contributed by atoms with van der Waals surface area (Å²) in [7, 11) is 3.22. The number of ether oxygens (including phenoxy) is 1. The number of piperidine rings is 1. The lowest BCUT2D eigenvalue weighted by atomic mass is 9.75. The molecular formula is C25H27N5O3. The van der Waals surface area contributed by atoms with Gasteiger partial charge in [-0.15, -0.1) is 0 Å². The fourth-order valence-corrected chi connectivity index (χ4v) is 4.31. The Morgan fingerprint density at radius 3 is 2.67 bits per heavy atom. The van der Waals surface area contributed by atoms with Gasteiger partial charge in [-0.2, -0.15) is 0 Å². The second-order valence-corrected chi connectivity index (χ2v) is 7.96. The largest absolute Gasteiger partial charge is 0.497 e. The first-order valence-corrected chi connectivity index (χ1v) is 10.9. The number of hydrogen-bond donors (Lipinski definition) is 2. The molecule has 2 amide bonds. The molecule has 0 radical (unpaired) electrons. The first kappa shape index (κ1) is 22.3. The van der Waals surface area contributed by atoms with Crippen LogP contribution in [0.2, 0.25) is 0 Å². The van der Waals surface area contributed by atoms with E-state index >= 15 is 0 Å². The molecule has 1 unspecified atom stereocenters. The highest BCUT2D eigenvalue weighted by Crippen LogP contribution is 2.34. The standard InChI is InChI=1S/C25H27N5O3/c1-26-24(32)25(21-11-3-4-13-27-21)12-7-15-30(17-25)23(31)20-10-6-14-28-22(20)29-18-8-5-9-19(16-18)33-2/h3-6,8-11,13-14,16H,7,12,15,17H2,1-2H3,(H,26,32)(H,28,29). The van der Waals surface area contributed by atoms with E-state index in [1.54, 1.807) is 43.6 Å². The van der Waals surface area contributed by atoms with Gasteiger partial charge in [-0.3, -0.25) is 14.6 Å². The summed E-state index contributed by atoms with van der Waals surface area (Å²) >= 11 is 0. The summed E-state index contributed by atoms with van der Waals surface area (Å²) < 4.78 is 5.28. The zero-order chi connectivity index (χ0) is 23.3. The van der Waals surface area contributed by atoms with Crippen LogP contribution in [0, 0.1) is 0 Å². The summed E-state index contributed by atoms with van der Waals surface area (Å²) in [6.07, 6.45) is 4.63. The minimum Gasteiger partial charge on any atom is -0.497 e. The van der Waals surface area contributed by atoms with Gasteiger partial charge in [0.15, 0.2) is 0 Å². The number of nitrogens with one attached hydrogen (secondary N) is 2. The van der Waals surface area contributed by atoms with Gasteiger partial charge in [0, 0.05) is 44.3 Å². The van der Waals surface area contributed by atoms with Crippen molar-refractivity contribution in [3.8, 4) is 5.75 Å². The van der Waals surface area contributed by atoms with Gasteiger partial charge in [0.1, 0.15) is 17.0 Å². The van der Waals surface area contributed by atoms with Gasteiger partial charge in [-0.25, -0.2) is 4.98 Å². The van der Waals surface area contributed by atoms with Crippen LogP contribution in [-0.4, -0.2) is 53.9 Å². The third-order valence-electron chi connectivity index (χ3n) is 5.97. The highest BCUT2D eigenvalue weighted by molar-refractivity contribution is 6.00. The second-order valence-electron chi connectivity index (χ2n) is 7.96. The number of benzene rings is 1. The topological polar surface area (TPSA) is 96.5 Å². The van der Waals surface area contributed by atoms with Crippen LogP contribution in [0.25, 0.3) is 0 Å². The van der Waals surface area contributed by atoms with Crippen molar-refractivity contribution >= 4 is 23.3 Å². The number of nitrogens with zero attached hydrogens (tertiary/aromatic N) is 3. The number of amides is 2. The van der Waals surface area contributed by atoms with Gasteiger partial charge in [0.25, 0.3) is 5.91 Å². The van der Waals surface area contributed by atoms with Crippen LogP contribution in [0.3, 0.4) is 0 Å². The molecule has 1 saturated heterocycles. The molecule has 3 aromatic rings. The quantitative estimate of drug-likeness (QED) is 0.605. The van der Waals surface area contributed by atoms with Gasteiger partial charge >= 0.3 is 0 Å². The highest BCUT2D eigenvalue weighted by Gasteiger charge is 2.45. The molecule has 1 aromatic carbocycles. The van der Waals surface area contributed by atoms with Crippen LogP contribution >= 0.6 is 0 Å². The SMILES string of the molecule is CNC(=O)C1(c2ccccn2)CCCN(C(=O)c2cccnc2Nc2cccc(OC)c2)C1. The number of anilines is 2. The molecule has 0 spiro atoms. The van der Waals surface area contributed by atoms with Crippen LogP contribution in [0.5, 0.6) is 5.75 Å². The molecule has 8 heteroatoms. The Morgan fingerprint density at radius 2 is 1.91 bits per heavy atom. The Bertz CT molecular complexity index is 1140. The van der Waals surface area contributed by atoms with E-state index < -0.39 is 5.41 Å². The van der Waals surface area contributed by atoms with E-state index in [0.717, 1.165) is 5.69 Å². The van der Waals surface area contributed by atoms with Crippen molar-refractivity contribution in [2.24, 2.45) is 0 Å². The van der Waals surface area contributed by atoms with Gasteiger partial charge in [0.05, 0.1) is 18.4 Å². The molecule has 8 nitrogen and oxygen atoms in total. The molecule has 0 saturated carbocycles. The molecule has 0 bridgehead atoms. The van der Waals surface area contributed by atoms with E-state index in [4.69, 9.17) is 4.74 Å². The number of pyridine rings is 2. The molecule has 2 aromatic heterocycles. The Balaban J connectivity index is 1.64. The second kappa shape index (κ2) is 9.68. The molecule has 3 heterocycles. The number of rotatable bonds is 6. The molecule has 1 aliphatic rings. The lowest BCUT2D eigenvalue weighted by molar-refractivity contribution is -0.128. The van der Waals surface area contributed by atoms with Gasteiger partial charge in [0.2, 0.25) is 5.91 Å². The van der Waals surface area contributed by atoms with E-state index in [-0.39, 0.29) is 18.4 Å². The average Bonchev–Trinajstić information content (AvgIpc) is 2.88. The van der Waals surface area contributed by atoms with E-state index in [1.807, 2.05) is 42.5 Å². The van der Waals surface area contributed by atoms with Crippen LogP contribution in [0.15, 0.2) is 67.0 Å². The summed E-state index contributed by atoms with van der Waals surface area (Å²) in [6.45, 7) is 0.800. The van der Waals surface area contributed by atoms with Crippen molar-refractivity contribution in [1.82, 2.24) is 20.2 Å². The fourth-order valence-electron chi connectivity index (χ4n) is 4.31. The van der Waals surface area contributed by atoms with E-state index in [9.17, 15) is 9.59 Å². The summed E-state index contributed by atoms with van der Waals surface area (Å²) in [5, 5.41) is 6.00. The zero-order valence-corrected chi connectivity index (χ0v) is 18.7. The number of carbonyl (C=O) groups is 2. The molecule has 4 rings (SSSR count). The number of methoxy groups -OCH3 is 1. The molecule has 170 valence electrons. The average molecular weight is 446 g/mol. The number of hydrogen-bond acceptors (Lipinski definition) is 6. The van der Waals surface area contributed by atoms with Crippen molar-refractivity contribution in [2.45, 2.75) is 18.3 Å². The number of carbonyl (C=O) groups excluding carboxylic acids is 2. The van der Waals surface area contributed by atoms with Crippen LogP contribution in [0.1, 0.15) is 28.9 Å². The van der Waals surface area contributed by atoms with Gasteiger partial charge in [-0.05, 0) is 49.2 Å². The van der Waals surface area contributed by atoms with Crippen LogP contribution < -0.4 is 15.4 Å². The van der Waals surface area contributed by atoms with Crippen molar-refractivity contribution in [3.05, 3.63) is 78.2 Å². The maximum atomic E-state index is 13.6. The number of likely N-dealkylation sites (N-methyl/N-ethyl adjacent to an activating group) is 1. The molecule has 1 fully saturated rings. The number of aromatic nitrogens is 2. The maximum Gasteiger partial charge on any atom is 0.257 e. The predicted molar refractivity (Wildman–Crippen MR) is 126 cm³/mol. The zero-order valence-electron chi connectivity index (χ0n) is 18.7. The summed E-state index contributed by atoms with van der Waals surface area (Å²) in [4.78, 5) is 37.3. The van der Waals surface area contributed by atoms with Crippen LogP contribution in [-0.2, 0) is 10.2 Å². The van der Waals surface area contributed by atoms with Crippen LogP contribution in [0.4, 0.5) is 11.5 Å². The summed E-state index contributed by atoms with van der Waals surface area (Å²) in [5.74, 6) is 0.826.